The molecule has 4 aromatic rings. The number of halogens is 1. The number of rotatable bonds is 6. The average molecular weight is 569 g/mol. The van der Waals surface area contributed by atoms with Gasteiger partial charge < -0.3 is 10.2 Å². The van der Waals surface area contributed by atoms with Crippen LogP contribution < -0.4 is 5.32 Å². The molecule has 2 aromatic heterocycles. The molecule has 5 rings (SSSR count). The van der Waals surface area contributed by atoms with Crippen molar-refractivity contribution in [2.75, 3.05) is 39.3 Å². The van der Waals surface area contributed by atoms with E-state index in [0.717, 1.165) is 63.1 Å². The van der Waals surface area contributed by atoms with E-state index in [0.29, 0.717) is 6.54 Å². The zero-order valence-electron chi connectivity index (χ0n) is 19.6. The second kappa shape index (κ2) is 11.6. The lowest BCUT2D eigenvalue weighted by Gasteiger charge is -2.36. The highest BCUT2D eigenvalue weighted by molar-refractivity contribution is 14.0. The minimum absolute atomic E-state index is 0. The van der Waals surface area contributed by atoms with Crippen LogP contribution in [0.4, 0.5) is 0 Å². The summed E-state index contributed by atoms with van der Waals surface area (Å²) in [7, 11) is 0. The summed E-state index contributed by atoms with van der Waals surface area (Å²) in [4.78, 5) is 9.83. The van der Waals surface area contributed by atoms with Crippen LogP contribution in [-0.2, 0) is 13.0 Å². The summed E-state index contributed by atoms with van der Waals surface area (Å²) in [6.07, 6.45) is 2.77. The molecule has 2 aromatic carbocycles. The second-order valence-electron chi connectivity index (χ2n) is 8.43. The van der Waals surface area contributed by atoms with Crippen molar-refractivity contribution in [3.8, 4) is 0 Å². The first-order valence-corrected chi connectivity index (χ1v) is 11.8. The first-order valence-electron chi connectivity index (χ1n) is 11.8. The predicted molar refractivity (Wildman–Crippen MR) is 149 cm³/mol. The third kappa shape index (κ3) is 5.50. The summed E-state index contributed by atoms with van der Waals surface area (Å²) in [5.74, 6) is 1.95. The molecule has 0 amide bonds. The van der Waals surface area contributed by atoms with Crippen molar-refractivity contribution in [3.63, 3.8) is 0 Å². The van der Waals surface area contributed by atoms with Crippen LogP contribution in [0.3, 0.4) is 0 Å². The fourth-order valence-corrected chi connectivity index (χ4v) is 4.54. The number of nitrogens with zero attached hydrogens (tertiary/aromatic N) is 6. The van der Waals surface area contributed by atoms with Crippen molar-refractivity contribution in [1.29, 1.82) is 0 Å². The predicted octanol–water partition coefficient (Wildman–Crippen LogP) is 3.83. The molecule has 0 radical (unpaired) electrons. The Balaban J connectivity index is 0.00000274. The molecule has 0 aliphatic carbocycles. The van der Waals surface area contributed by atoms with E-state index in [1.165, 1.54) is 16.3 Å². The van der Waals surface area contributed by atoms with Gasteiger partial charge in [0.25, 0.3) is 0 Å². The smallest absolute Gasteiger partial charge is 0.194 e. The van der Waals surface area contributed by atoms with Gasteiger partial charge in [0.2, 0.25) is 0 Å². The van der Waals surface area contributed by atoms with Crippen LogP contribution in [-0.4, -0.2) is 69.6 Å². The van der Waals surface area contributed by atoms with E-state index in [-0.39, 0.29) is 24.0 Å². The zero-order valence-corrected chi connectivity index (χ0v) is 21.9. The first-order chi connectivity index (χ1) is 16.3. The molecule has 34 heavy (non-hydrogen) atoms. The zero-order chi connectivity index (χ0) is 22.5. The van der Waals surface area contributed by atoms with Crippen LogP contribution in [0.15, 0.2) is 71.9 Å². The van der Waals surface area contributed by atoms with E-state index in [1.54, 1.807) is 0 Å². The van der Waals surface area contributed by atoms with Crippen LogP contribution in [0.5, 0.6) is 0 Å². The lowest BCUT2D eigenvalue weighted by Crippen LogP contribution is -2.52. The molecule has 1 aliphatic heterocycles. The minimum Gasteiger partial charge on any atom is -0.357 e. The van der Waals surface area contributed by atoms with Crippen LogP contribution in [0, 0.1) is 0 Å². The number of piperazine rings is 1. The Morgan fingerprint density at radius 2 is 1.74 bits per heavy atom. The Bertz CT molecular complexity index is 1240. The maximum atomic E-state index is 4.90. The fourth-order valence-electron chi connectivity index (χ4n) is 4.54. The molecule has 0 saturated carbocycles. The van der Waals surface area contributed by atoms with Crippen molar-refractivity contribution in [1.82, 2.24) is 29.7 Å². The Morgan fingerprint density at radius 3 is 2.59 bits per heavy atom. The number of fused-ring (bicyclic) bond motifs is 2. The van der Waals surface area contributed by atoms with Gasteiger partial charge in [0.15, 0.2) is 11.6 Å². The van der Waals surface area contributed by atoms with Gasteiger partial charge in [0.05, 0.1) is 0 Å². The molecule has 7 nitrogen and oxygen atoms in total. The van der Waals surface area contributed by atoms with E-state index in [9.17, 15) is 0 Å². The number of aliphatic imine (C=N–C) groups is 1. The monoisotopic (exact) mass is 569 g/mol. The summed E-state index contributed by atoms with van der Waals surface area (Å²) in [5.41, 5.74) is 2.29. The van der Waals surface area contributed by atoms with Gasteiger partial charge in [0.1, 0.15) is 5.82 Å². The molecule has 1 N–H and O–H groups in total. The maximum absolute atomic E-state index is 4.90. The first kappa shape index (κ1) is 24.4. The Morgan fingerprint density at radius 1 is 0.941 bits per heavy atom. The number of nitrogens with one attached hydrogen (secondary N) is 1. The lowest BCUT2D eigenvalue weighted by molar-refractivity contribution is 0.173. The molecule has 0 spiro atoms. The summed E-state index contributed by atoms with van der Waals surface area (Å²) in [6, 6.07) is 21.2. The molecule has 0 unspecified atom stereocenters. The molecular weight excluding hydrogens is 537 g/mol. The summed E-state index contributed by atoms with van der Waals surface area (Å²) in [5, 5.41) is 14.7. The SMILES string of the molecule is CCNC(=NCCc1nnc2ccccn12)N1CCN(Cc2cccc3ccccc23)CC1.I. The topological polar surface area (TPSA) is 61.1 Å². The third-order valence-electron chi connectivity index (χ3n) is 6.26. The van der Waals surface area contributed by atoms with Gasteiger partial charge in [-0.3, -0.25) is 14.3 Å². The largest absolute Gasteiger partial charge is 0.357 e. The molecular formula is C26H32IN7. The molecule has 178 valence electrons. The molecule has 8 heteroatoms. The standard InChI is InChI=1S/C26H31N7.HI/c1-2-27-26(28-14-13-25-30-29-24-12-5-6-15-33(24)25)32-18-16-31(17-19-32)20-22-10-7-9-21-8-3-4-11-23(21)22;/h3-12,15H,2,13-14,16-20H2,1H3,(H,27,28);1H. The summed E-state index contributed by atoms with van der Waals surface area (Å²) >= 11 is 0. The van der Waals surface area contributed by atoms with Gasteiger partial charge in [-0.25, -0.2) is 0 Å². The fraction of sp³-hybridized carbons (Fsp3) is 0.346. The molecule has 0 atom stereocenters. The highest BCUT2D eigenvalue weighted by Crippen LogP contribution is 2.20. The Labute approximate surface area is 217 Å². The number of guanidine groups is 1. The van der Waals surface area contributed by atoms with E-state index >= 15 is 0 Å². The Hall–Kier alpha value is -2.72. The number of benzene rings is 2. The third-order valence-corrected chi connectivity index (χ3v) is 6.26. The van der Waals surface area contributed by atoms with Crippen LogP contribution >= 0.6 is 24.0 Å². The number of aromatic nitrogens is 3. The molecule has 1 fully saturated rings. The van der Waals surface area contributed by atoms with Crippen LogP contribution in [0.25, 0.3) is 16.4 Å². The van der Waals surface area contributed by atoms with E-state index in [2.05, 4.69) is 74.7 Å². The maximum Gasteiger partial charge on any atom is 0.194 e. The summed E-state index contributed by atoms with van der Waals surface area (Å²) < 4.78 is 2.04. The highest BCUT2D eigenvalue weighted by atomic mass is 127. The molecule has 3 heterocycles. The minimum atomic E-state index is 0. The molecule has 1 aliphatic rings. The lowest BCUT2D eigenvalue weighted by atomic mass is 10.0. The molecule has 1 saturated heterocycles. The van der Waals surface area contributed by atoms with Gasteiger partial charge in [-0.2, -0.15) is 0 Å². The van der Waals surface area contributed by atoms with E-state index in [1.807, 2.05) is 28.8 Å². The van der Waals surface area contributed by atoms with E-state index in [4.69, 9.17) is 4.99 Å². The van der Waals surface area contributed by atoms with Crippen molar-refractivity contribution in [2.24, 2.45) is 4.99 Å². The second-order valence-corrected chi connectivity index (χ2v) is 8.43. The van der Waals surface area contributed by atoms with Gasteiger partial charge in [-0.05, 0) is 35.4 Å². The van der Waals surface area contributed by atoms with Crippen molar-refractivity contribution in [2.45, 2.75) is 19.9 Å². The van der Waals surface area contributed by atoms with Gasteiger partial charge in [0, 0.05) is 58.4 Å². The van der Waals surface area contributed by atoms with Crippen molar-refractivity contribution < 1.29 is 0 Å². The average Bonchev–Trinajstić information content (AvgIpc) is 3.27. The van der Waals surface area contributed by atoms with Gasteiger partial charge in [-0.15, -0.1) is 34.2 Å². The Kier molecular flexibility index (Phi) is 8.34. The quantitative estimate of drug-likeness (QED) is 0.218. The molecule has 0 bridgehead atoms. The van der Waals surface area contributed by atoms with Gasteiger partial charge >= 0.3 is 0 Å². The number of hydrogen-bond donors (Lipinski definition) is 1. The number of pyridine rings is 1. The van der Waals surface area contributed by atoms with Crippen molar-refractivity contribution >= 4 is 46.4 Å². The van der Waals surface area contributed by atoms with E-state index < -0.39 is 0 Å². The summed E-state index contributed by atoms with van der Waals surface area (Å²) in [6.45, 7) is 8.68. The van der Waals surface area contributed by atoms with Gasteiger partial charge in [-0.1, -0.05) is 48.5 Å². The number of hydrogen-bond acceptors (Lipinski definition) is 4. The normalized spacial score (nSPS) is 15.0. The highest BCUT2D eigenvalue weighted by Gasteiger charge is 2.20. The van der Waals surface area contributed by atoms with Crippen LogP contribution in [0.1, 0.15) is 18.3 Å². The van der Waals surface area contributed by atoms with Crippen LogP contribution in [0.2, 0.25) is 0 Å². The van der Waals surface area contributed by atoms with Crippen molar-refractivity contribution in [3.05, 3.63) is 78.2 Å².